The third-order valence-corrected chi connectivity index (χ3v) is 5.29. The Morgan fingerprint density at radius 2 is 1.68 bits per heavy atom. The molecule has 0 bridgehead atoms. The fourth-order valence-electron chi connectivity index (χ4n) is 3.30. The Bertz CT molecular complexity index is 1390. The molecule has 0 saturated carbocycles. The van der Waals surface area contributed by atoms with Crippen LogP contribution >= 0.6 is 11.6 Å². The molecule has 1 aromatic heterocycles. The van der Waals surface area contributed by atoms with Crippen molar-refractivity contribution in [3.63, 3.8) is 0 Å². The fraction of sp³-hybridized carbons (Fsp3) is 0.115. The molecule has 4 aromatic rings. The highest BCUT2D eigenvalue weighted by Crippen LogP contribution is 2.35. The molecule has 0 radical (unpaired) electrons. The quantitative estimate of drug-likeness (QED) is 0.229. The average Bonchev–Trinajstić information content (AvgIpc) is 2.84. The van der Waals surface area contributed by atoms with Crippen molar-refractivity contribution < 1.29 is 23.5 Å². The van der Waals surface area contributed by atoms with Crippen LogP contribution in [0.25, 0.3) is 22.1 Å². The van der Waals surface area contributed by atoms with Crippen LogP contribution in [0, 0.1) is 0 Å². The lowest BCUT2D eigenvalue weighted by molar-refractivity contribution is -0.136. The Morgan fingerprint density at radius 3 is 2.38 bits per heavy atom. The molecule has 0 aliphatic carbocycles. The lowest BCUT2D eigenvalue weighted by Crippen LogP contribution is -2.41. The summed E-state index contributed by atoms with van der Waals surface area (Å²) in [6, 6.07) is 21.7. The summed E-state index contributed by atoms with van der Waals surface area (Å²) < 4.78 is 15.8. The van der Waals surface area contributed by atoms with Gasteiger partial charge in [0.15, 0.2) is 5.75 Å². The summed E-state index contributed by atoms with van der Waals surface area (Å²) in [5.41, 5.74) is 1.92. The summed E-state index contributed by atoms with van der Waals surface area (Å²) in [6.07, 6.45) is -0.767. The van der Waals surface area contributed by atoms with Gasteiger partial charge >= 0.3 is 17.7 Å². The number of halogens is 1. The van der Waals surface area contributed by atoms with E-state index in [-0.39, 0.29) is 23.0 Å². The van der Waals surface area contributed by atoms with E-state index in [1.165, 1.54) is 19.1 Å². The maximum absolute atomic E-state index is 12.5. The van der Waals surface area contributed by atoms with Crippen molar-refractivity contribution >= 4 is 34.6 Å². The standard InChI is InChI=1S/C26H20ClNO6/c1-16(28-26(31)32-15-17-8-4-2-5-9-17)25(30)34-23-14-22-20(12-21(23)27)19(13-24(29)33-22)18-10-6-3-7-11-18/h2-14,16H,15H2,1H3,(H,28,31)/t16-/m0/s1. The van der Waals surface area contributed by atoms with E-state index in [1.54, 1.807) is 6.07 Å². The van der Waals surface area contributed by atoms with E-state index in [2.05, 4.69) is 5.32 Å². The second-order valence-corrected chi connectivity index (χ2v) is 7.88. The zero-order chi connectivity index (χ0) is 24.1. The first kappa shape index (κ1) is 23.1. The zero-order valence-electron chi connectivity index (χ0n) is 18.1. The lowest BCUT2D eigenvalue weighted by Gasteiger charge is -2.15. The zero-order valence-corrected chi connectivity index (χ0v) is 18.9. The monoisotopic (exact) mass is 477 g/mol. The van der Waals surface area contributed by atoms with Crippen molar-refractivity contribution in [3.8, 4) is 16.9 Å². The van der Waals surface area contributed by atoms with E-state index in [0.29, 0.717) is 10.9 Å². The number of benzene rings is 3. The third kappa shape index (κ3) is 5.44. The van der Waals surface area contributed by atoms with Gasteiger partial charge < -0.3 is 19.2 Å². The van der Waals surface area contributed by atoms with Crippen LogP contribution < -0.4 is 15.7 Å². The number of amides is 1. The van der Waals surface area contributed by atoms with Crippen LogP contribution in [0.2, 0.25) is 5.02 Å². The smallest absolute Gasteiger partial charge is 0.408 e. The number of carbonyl (C=O) groups is 2. The van der Waals surface area contributed by atoms with Gasteiger partial charge in [-0.1, -0.05) is 72.3 Å². The van der Waals surface area contributed by atoms with E-state index < -0.39 is 23.7 Å². The van der Waals surface area contributed by atoms with E-state index in [4.69, 9.17) is 25.5 Å². The first-order chi connectivity index (χ1) is 16.4. The van der Waals surface area contributed by atoms with Gasteiger partial charge in [-0.2, -0.15) is 0 Å². The molecule has 4 rings (SSSR count). The second-order valence-electron chi connectivity index (χ2n) is 7.47. The van der Waals surface area contributed by atoms with Crippen molar-refractivity contribution in [2.75, 3.05) is 0 Å². The Morgan fingerprint density at radius 1 is 1.00 bits per heavy atom. The van der Waals surface area contributed by atoms with Crippen LogP contribution in [0.3, 0.4) is 0 Å². The average molecular weight is 478 g/mol. The Hall–Kier alpha value is -4.10. The van der Waals surface area contributed by atoms with Crippen molar-refractivity contribution in [2.45, 2.75) is 19.6 Å². The molecule has 34 heavy (non-hydrogen) atoms. The molecule has 172 valence electrons. The predicted octanol–water partition coefficient (Wildman–Crippen LogP) is 5.33. The van der Waals surface area contributed by atoms with Gasteiger partial charge in [-0.15, -0.1) is 0 Å². The molecule has 0 unspecified atom stereocenters. The molecule has 0 spiro atoms. The summed E-state index contributed by atoms with van der Waals surface area (Å²) in [6.45, 7) is 1.52. The molecule has 1 atom stereocenters. The van der Waals surface area contributed by atoms with Crippen molar-refractivity contribution in [3.05, 3.63) is 99.9 Å². The third-order valence-electron chi connectivity index (χ3n) is 4.99. The van der Waals surface area contributed by atoms with Crippen LogP contribution in [-0.2, 0) is 16.1 Å². The highest BCUT2D eigenvalue weighted by Gasteiger charge is 2.21. The van der Waals surface area contributed by atoms with Crippen molar-refractivity contribution in [2.24, 2.45) is 0 Å². The molecule has 8 heteroatoms. The number of carbonyl (C=O) groups excluding carboxylic acids is 2. The summed E-state index contributed by atoms with van der Waals surface area (Å²) in [7, 11) is 0. The molecule has 0 saturated heterocycles. The van der Waals surface area contributed by atoms with Crippen LogP contribution in [-0.4, -0.2) is 18.1 Å². The minimum Gasteiger partial charge on any atom is -0.445 e. The number of ether oxygens (including phenoxy) is 2. The molecule has 0 aliphatic rings. The highest BCUT2D eigenvalue weighted by molar-refractivity contribution is 6.33. The summed E-state index contributed by atoms with van der Waals surface area (Å²) >= 11 is 6.37. The van der Waals surface area contributed by atoms with Crippen molar-refractivity contribution in [1.29, 1.82) is 0 Å². The van der Waals surface area contributed by atoms with Gasteiger partial charge in [0.1, 0.15) is 18.2 Å². The molecule has 0 fully saturated rings. The first-order valence-electron chi connectivity index (χ1n) is 10.4. The van der Waals surface area contributed by atoms with E-state index in [0.717, 1.165) is 11.1 Å². The number of alkyl carbamates (subject to hydrolysis) is 1. The summed E-state index contributed by atoms with van der Waals surface area (Å²) in [5.74, 6) is -0.765. The van der Waals surface area contributed by atoms with Gasteiger partial charge in [0.05, 0.1) is 5.02 Å². The lowest BCUT2D eigenvalue weighted by atomic mass is 10.0. The number of hydrogen-bond donors (Lipinski definition) is 1. The number of esters is 1. The van der Waals surface area contributed by atoms with Gasteiger partial charge in [-0.25, -0.2) is 14.4 Å². The topological polar surface area (TPSA) is 94.8 Å². The van der Waals surface area contributed by atoms with Gasteiger partial charge in [-0.3, -0.25) is 0 Å². The fourth-order valence-corrected chi connectivity index (χ4v) is 3.50. The molecule has 7 nitrogen and oxygen atoms in total. The molecule has 1 N–H and O–H groups in total. The van der Waals surface area contributed by atoms with Crippen LogP contribution in [0.4, 0.5) is 4.79 Å². The minimum atomic E-state index is -1.02. The van der Waals surface area contributed by atoms with Gasteiger partial charge in [0.2, 0.25) is 0 Å². The normalized spacial score (nSPS) is 11.6. The van der Waals surface area contributed by atoms with Crippen molar-refractivity contribution in [1.82, 2.24) is 5.32 Å². The summed E-state index contributed by atoms with van der Waals surface area (Å²) in [5, 5.41) is 3.15. The molecular formula is C26H20ClNO6. The second kappa shape index (κ2) is 10.2. The van der Waals surface area contributed by atoms with Crippen LogP contribution in [0.15, 0.2) is 88.1 Å². The molecule has 3 aromatic carbocycles. The SMILES string of the molecule is C[C@H](NC(=O)OCc1ccccc1)C(=O)Oc1cc2oc(=O)cc(-c3ccccc3)c2cc1Cl. The van der Waals surface area contributed by atoms with Gasteiger partial charge in [0.25, 0.3) is 0 Å². The number of nitrogens with one attached hydrogen (secondary N) is 1. The Kier molecular flexibility index (Phi) is 6.94. The first-order valence-corrected chi connectivity index (χ1v) is 10.8. The van der Waals surface area contributed by atoms with Crippen LogP contribution in [0.5, 0.6) is 5.75 Å². The minimum absolute atomic E-state index is 0.00108. The molecule has 1 heterocycles. The van der Waals surface area contributed by atoms with E-state index in [1.807, 2.05) is 60.7 Å². The Balaban J connectivity index is 1.48. The van der Waals surface area contributed by atoms with Gasteiger partial charge in [-0.05, 0) is 29.7 Å². The van der Waals surface area contributed by atoms with E-state index in [9.17, 15) is 14.4 Å². The highest BCUT2D eigenvalue weighted by atomic mass is 35.5. The summed E-state index contributed by atoms with van der Waals surface area (Å²) in [4.78, 5) is 36.7. The molecule has 0 aliphatic heterocycles. The Labute approximate surface area is 199 Å². The van der Waals surface area contributed by atoms with Crippen LogP contribution in [0.1, 0.15) is 12.5 Å². The van der Waals surface area contributed by atoms with E-state index >= 15 is 0 Å². The van der Waals surface area contributed by atoms with Gasteiger partial charge in [0, 0.05) is 17.5 Å². The predicted molar refractivity (Wildman–Crippen MR) is 128 cm³/mol. The molecular weight excluding hydrogens is 458 g/mol. The number of fused-ring (bicyclic) bond motifs is 1. The number of rotatable bonds is 6. The number of hydrogen-bond acceptors (Lipinski definition) is 6. The largest absolute Gasteiger partial charge is 0.445 e. The maximum Gasteiger partial charge on any atom is 0.408 e. The molecule has 1 amide bonds. The maximum atomic E-state index is 12.5.